The third kappa shape index (κ3) is 2.78. The topological polar surface area (TPSA) is 45.4 Å². The van der Waals surface area contributed by atoms with Crippen molar-refractivity contribution in [2.24, 2.45) is 11.1 Å². The fourth-order valence-electron chi connectivity index (χ4n) is 3.44. The molecule has 2 unspecified atom stereocenters. The number of aromatic nitrogens is 1. The molecule has 0 spiro atoms. The lowest BCUT2D eigenvalue weighted by atomic mass is 9.84. The average Bonchev–Trinajstić information content (AvgIpc) is 3.02. The molecule has 1 saturated carbocycles. The number of hydrogen-bond acceptors (Lipinski definition) is 5. The van der Waals surface area contributed by atoms with Gasteiger partial charge in [-0.3, -0.25) is 4.90 Å². The number of hydrogen-bond donors (Lipinski definition) is 1. The van der Waals surface area contributed by atoms with Gasteiger partial charge in [0.25, 0.3) is 0 Å². The minimum absolute atomic E-state index is 0.337. The van der Waals surface area contributed by atoms with E-state index in [1.54, 1.807) is 11.3 Å². The minimum Gasteiger partial charge on any atom is -0.346 e. The number of rotatable bonds is 3. The third-order valence-corrected chi connectivity index (χ3v) is 5.64. The van der Waals surface area contributed by atoms with Crippen LogP contribution in [0, 0.1) is 5.41 Å². The summed E-state index contributed by atoms with van der Waals surface area (Å²) in [5, 5.41) is 3.23. The number of thiazole rings is 1. The highest BCUT2D eigenvalue weighted by molar-refractivity contribution is 7.13. The first kappa shape index (κ1) is 13.3. The van der Waals surface area contributed by atoms with Gasteiger partial charge in [-0.15, -0.1) is 11.3 Å². The van der Waals surface area contributed by atoms with Gasteiger partial charge in [-0.1, -0.05) is 13.3 Å². The summed E-state index contributed by atoms with van der Waals surface area (Å²) >= 11 is 1.74. The molecule has 5 heteroatoms. The summed E-state index contributed by atoms with van der Waals surface area (Å²) in [6, 6.07) is 0.393. The highest BCUT2D eigenvalue weighted by atomic mass is 32.1. The average molecular weight is 280 g/mol. The molecule has 1 aromatic heterocycles. The molecule has 2 atom stereocenters. The van der Waals surface area contributed by atoms with Crippen LogP contribution in [0.25, 0.3) is 0 Å². The Balaban J connectivity index is 1.53. The monoisotopic (exact) mass is 280 g/mol. The fraction of sp³-hybridized carbons (Fsp3) is 0.786. The molecule has 1 aliphatic heterocycles. The Kier molecular flexibility index (Phi) is 3.78. The molecule has 2 aliphatic rings. The summed E-state index contributed by atoms with van der Waals surface area (Å²) in [6.07, 6.45) is 5.69. The summed E-state index contributed by atoms with van der Waals surface area (Å²) in [5.41, 5.74) is 6.63. The predicted molar refractivity (Wildman–Crippen MR) is 80.7 cm³/mol. The van der Waals surface area contributed by atoms with E-state index in [0.29, 0.717) is 11.5 Å². The van der Waals surface area contributed by atoms with Crippen LogP contribution in [0.2, 0.25) is 0 Å². The minimum atomic E-state index is 0.337. The largest absolute Gasteiger partial charge is 0.346 e. The van der Waals surface area contributed by atoms with Gasteiger partial charge in [0.15, 0.2) is 5.13 Å². The molecule has 19 heavy (non-hydrogen) atoms. The van der Waals surface area contributed by atoms with Crippen molar-refractivity contribution in [1.29, 1.82) is 0 Å². The van der Waals surface area contributed by atoms with Crippen LogP contribution in [0.3, 0.4) is 0 Å². The second-order valence-corrected chi connectivity index (χ2v) is 7.10. The van der Waals surface area contributed by atoms with Crippen molar-refractivity contribution >= 4 is 16.5 Å². The van der Waals surface area contributed by atoms with Crippen LogP contribution in [-0.4, -0.2) is 48.6 Å². The molecule has 106 valence electrons. The first-order valence-electron chi connectivity index (χ1n) is 7.30. The highest BCUT2D eigenvalue weighted by Crippen LogP contribution is 2.37. The van der Waals surface area contributed by atoms with Gasteiger partial charge in [0.1, 0.15) is 0 Å². The van der Waals surface area contributed by atoms with E-state index in [1.807, 2.05) is 6.20 Å². The molecule has 0 aromatic carbocycles. The molecule has 2 fully saturated rings. The molecular formula is C14H24N4S. The highest BCUT2D eigenvalue weighted by Gasteiger charge is 2.38. The molecule has 1 aliphatic carbocycles. The van der Waals surface area contributed by atoms with E-state index in [2.05, 4.69) is 27.1 Å². The van der Waals surface area contributed by atoms with Crippen LogP contribution in [-0.2, 0) is 0 Å². The molecule has 4 nitrogen and oxygen atoms in total. The number of nitrogens with two attached hydrogens (primary N) is 1. The Morgan fingerprint density at radius 1 is 1.42 bits per heavy atom. The van der Waals surface area contributed by atoms with Crippen molar-refractivity contribution in [2.75, 3.05) is 37.6 Å². The zero-order chi connectivity index (χ0) is 13.3. The Bertz CT molecular complexity index is 400. The van der Waals surface area contributed by atoms with Gasteiger partial charge in [0.2, 0.25) is 0 Å². The SMILES string of the molecule is CC1(CN2CCN(c3nccs3)CC2)CCCC1N. The molecule has 1 aromatic rings. The van der Waals surface area contributed by atoms with Crippen molar-refractivity contribution in [3.63, 3.8) is 0 Å². The summed E-state index contributed by atoms with van der Waals surface area (Å²) in [5.74, 6) is 0. The summed E-state index contributed by atoms with van der Waals surface area (Å²) in [6.45, 7) is 8.01. The van der Waals surface area contributed by atoms with Gasteiger partial charge < -0.3 is 10.6 Å². The zero-order valence-electron chi connectivity index (χ0n) is 11.7. The van der Waals surface area contributed by atoms with Crippen LogP contribution >= 0.6 is 11.3 Å². The number of anilines is 1. The normalized spacial score (nSPS) is 32.9. The first-order valence-corrected chi connectivity index (χ1v) is 8.18. The predicted octanol–water partition coefficient (Wildman–Crippen LogP) is 1.78. The molecule has 2 N–H and O–H groups in total. The Hall–Kier alpha value is -0.650. The van der Waals surface area contributed by atoms with Gasteiger partial charge >= 0.3 is 0 Å². The van der Waals surface area contributed by atoms with E-state index in [1.165, 1.54) is 30.9 Å². The zero-order valence-corrected chi connectivity index (χ0v) is 12.5. The van der Waals surface area contributed by atoms with Crippen LogP contribution in [0.15, 0.2) is 11.6 Å². The molecule has 0 bridgehead atoms. The van der Waals surface area contributed by atoms with Gasteiger partial charge in [-0.2, -0.15) is 0 Å². The van der Waals surface area contributed by atoms with Crippen molar-refractivity contribution in [3.05, 3.63) is 11.6 Å². The van der Waals surface area contributed by atoms with Gasteiger partial charge in [-0.25, -0.2) is 4.98 Å². The fourth-order valence-corrected chi connectivity index (χ4v) is 4.13. The molecule has 2 heterocycles. The number of nitrogens with zero attached hydrogens (tertiary/aromatic N) is 3. The van der Waals surface area contributed by atoms with E-state index >= 15 is 0 Å². The number of piperazine rings is 1. The third-order valence-electron chi connectivity index (χ3n) is 4.81. The van der Waals surface area contributed by atoms with Crippen LogP contribution in [0.1, 0.15) is 26.2 Å². The Morgan fingerprint density at radius 3 is 2.79 bits per heavy atom. The summed E-state index contributed by atoms with van der Waals surface area (Å²) in [7, 11) is 0. The second-order valence-electron chi connectivity index (χ2n) is 6.23. The maximum Gasteiger partial charge on any atom is 0.185 e. The van der Waals surface area contributed by atoms with Gasteiger partial charge in [-0.05, 0) is 18.3 Å². The van der Waals surface area contributed by atoms with E-state index in [0.717, 1.165) is 26.2 Å². The molecule has 1 saturated heterocycles. The van der Waals surface area contributed by atoms with Crippen LogP contribution in [0.5, 0.6) is 0 Å². The van der Waals surface area contributed by atoms with Gasteiger partial charge in [0, 0.05) is 50.3 Å². The van der Waals surface area contributed by atoms with E-state index in [9.17, 15) is 0 Å². The molecule has 3 rings (SSSR count). The molecule has 0 radical (unpaired) electrons. The summed E-state index contributed by atoms with van der Waals surface area (Å²) in [4.78, 5) is 9.39. The summed E-state index contributed by atoms with van der Waals surface area (Å²) < 4.78 is 0. The van der Waals surface area contributed by atoms with Crippen molar-refractivity contribution in [2.45, 2.75) is 32.2 Å². The van der Waals surface area contributed by atoms with E-state index in [4.69, 9.17) is 5.73 Å². The lowest BCUT2D eigenvalue weighted by molar-refractivity contribution is 0.146. The van der Waals surface area contributed by atoms with Crippen molar-refractivity contribution < 1.29 is 0 Å². The van der Waals surface area contributed by atoms with E-state index in [-0.39, 0.29) is 0 Å². The molecular weight excluding hydrogens is 256 g/mol. The van der Waals surface area contributed by atoms with Crippen LogP contribution in [0.4, 0.5) is 5.13 Å². The van der Waals surface area contributed by atoms with E-state index < -0.39 is 0 Å². The maximum atomic E-state index is 6.29. The smallest absolute Gasteiger partial charge is 0.185 e. The van der Waals surface area contributed by atoms with Crippen LogP contribution < -0.4 is 10.6 Å². The molecule has 0 amide bonds. The van der Waals surface area contributed by atoms with Crippen molar-refractivity contribution in [3.8, 4) is 0 Å². The quantitative estimate of drug-likeness (QED) is 0.917. The Labute approximate surface area is 119 Å². The first-order chi connectivity index (χ1) is 9.17. The Morgan fingerprint density at radius 2 is 2.21 bits per heavy atom. The lowest BCUT2D eigenvalue weighted by Crippen LogP contribution is -2.52. The lowest BCUT2D eigenvalue weighted by Gasteiger charge is -2.40. The maximum absolute atomic E-state index is 6.29. The second kappa shape index (κ2) is 5.38. The standard InChI is InChI=1S/C14H24N4S/c1-14(4-2-3-12(14)15)11-17-6-8-18(9-7-17)13-16-5-10-19-13/h5,10,12H,2-4,6-9,11,15H2,1H3. The van der Waals surface area contributed by atoms with Gasteiger partial charge in [0.05, 0.1) is 0 Å². The van der Waals surface area contributed by atoms with Crippen molar-refractivity contribution in [1.82, 2.24) is 9.88 Å².